The third-order valence-electron chi connectivity index (χ3n) is 17.0. The van der Waals surface area contributed by atoms with E-state index in [0.29, 0.717) is 52.2 Å². The minimum absolute atomic E-state index is 0.154. The van der Waals surface area contributed by atoms with Crippen molar-refractivity contribution in [3.63, 3.8) is 0 Å². The average Bonchev–Trinajstić information content (AvgIpc) is 3.66. The number of esters is 1. The van der Waals surface area contributed by atoms with Gasteiger partial charge in [-0.2, -0.15) is 0 Å². The van der Waals surface area contributed by atoms with E-state index in [1.54, 1.807) is 0 Å². The molecular formula is C55H84N2O4S2. The van der Waals surface area contributed by atoms with Gasteiger partial charge in [-0.1, -0.05) is 159 Å². The maximum Gasteiger partial charge on any atom is 0.316 e. The first-order chi connectivity index (χ1) is 30.5. The van der Waals surface area contributed by atoms with Gasteiger partial charge in [-0.3, -0.25) is 14.5 Å². The predicted octanol–water partition coefficient (Wildman–Crippen LogP) is 14.4. The summed E-state index contributed by atoms with van der Waals surface area (Å²) in [7, 11) is 0. The fraction of sp³-hybridized carbons (Fsp3) is 0.727. The van der Waals surface area contributed by atoms with Crippen LogP contribution in [0.1, 0.15) is 176 Å². The van der Waals surface area contributed by atoms with Crippen molar-refractivity contribution in [3.8, 4) is 0 Å². The molecule has 0 bridgehead atoms. The van der Waals surface area contributed by atoms with Gasteiger partial charge in [-0.15, -0.1) is 0 Å². The molecule has 1 amide bonds. The van der Waals surface area contributed by atoms with Crippen LogP contribution in [0, 0.1) is 46.3 Å². The number of thioether (sulfide) groups is 1. The zero-order valence-electron chi connectivity index (χ0n) is 40.0. The van der Waals surface area contributed by atoms with Crippen LogP contribution in [-0.2, 0) is 14.3 Å². The number of fused-ring (bicyclic) bond motifs is 5. The van der Waals surface area contributed by atoms with Crippen LogP contribution >= 0.6 is 24.0 Å². The number of hydrogen-bond donors (Lipinski definition) is 1. The molecule has 0 radical (unpaired) electrons. The van der Waals surface area contributed by atoms with Gasteiger partial charge in [0.2, 0.25) is 5.91 Å². The van der Waals surface area contributed by atoms with Crippen molar-refractivity contribution in [1.82, 2.24) is 4.90 Å². The Morgan fingerprint density at radius 3 is 1.97 bits per heavy atom. The van der Waals surface area contributed by atoms with Crippen LogP contribution in [0.15, 0.2) is 60.7 Å². The molecule has 0 unspecified atom stereocenters. The predicted molar refractivity (Wildman–Crippen MR) is 268 cm³/mol. The number of hydrogen-bond acceptors (Lipinski definition) is 6. The molecule has 6 nitrogen and oxygen atoms in total. The molecule has 10 atom stereocenters. The summed E-state index contributed by atoms with van der Waals surface area (Å²) in [5.41, 5.74) is 1.94. The largest absolute Gasteiger partial charge is 0.461 e. The molecule has 6 rings (SSSR count). The summed E-state index contributed by atoms with van der Waals surface area (Å²) in [4.78, 5) is 32.7. The number of para-hydroxylation sites is 2. The smallest absolute Gasteiger partial charge is 0.316 e. The molecule has 0 spiro atoms. The number of benzene rings is 2. The molecule has 350 valence electrons. The van der Waals surface area contributed by atoms with E-state index in [1.165, 1.54) is 95.2 Å². The number of nitrogens with zero attached hydrogens (tertiary/aromatic N) is 2. The van der Waals surface area contributed by atoms with Gasteiger partial charge in [-0.25, -0.2) is 0 Å². The van der Waals surface area contributed by atoms with Crippen molar-refractivity contribution in [2.75, 3.05) is 23.7 Å². The topological polar surface area (TPSA) is 70.1 Å². The molecule has 4 aliphatic rings. The van der Waals surface area contributed by atoms with E-state index in [4.69, 9.17) is 17.0 Å². The molecule has 4 saturated carbocycles. The summed E-state index contributed by atoms with van der Waals surface area (Å²) in [6.07, 6.45) is 24.5. The van der Waals surface area contributed by atoms with E-state index in [9.17, 15) is 14.7 Å². The Morgan fingerprint density at radius 1 is 0.778 bits per heavy atom. The Morgan fingerprint density at radius 2 is 1.37 bits per heavy atom. The number of carbonyl (C=O) groups excluding carboxylic acids is 2. The lowest BCUT2D eigenvalue weighted by molar-refractivity contribution is -0.195. The van der Waals surface area contributed by atoms with Gasteiger partial charge in [0, 0.05) is 36.3 Å². The van der Waals surface area contributed by atoms with Gasteiger partial charge in [-0.05, 0) is 136 Å². The molecule has 0 heterocycles. The first-order valence-corrected chi connectivity index (χ1v) is 27.1. The number of amides is 1. The molecular weight excluding hydrogens is 817 g/mol. The number of unbranched alkanes of at least 4 members (excludes halogenated alkanes) is 10. The first kappa shape index (κ1) is 50.0. The van der Waals surface area contributed by atoms with E-state index < -0.39 is 0 Å². The number of aliphatic hydroxyl groups excluding tert-OH is 1. The third-order valence-corrected chi connectivity index (χ3v) is 18.3. The highest BCUT2D eigenvalue weighted by Crippen LogP contribution is 2.69. The third kappa shape index (κ3) is 12.5. The minimum atomic E-state index is -0.193. The standard InChI is InChI=1S/C55H84N2O4S2/c1-6-8-10-12-14-22-36-56(37-23-15-13-11-9-7-2)51(59)33-28-41(3)47-31-32-48-46-30-29-42-38-45(58)34-35-54(42,4)49(46)39-50(55(47,48)5)61-52(60)40-63-53(62)57(43-24-18-16-19-25-43)44-26-20-17-21-27-44/h16-21,24-27,41-42,45-50,58H,6-15,22-23,28-40H2,1-5H3/t41-,42-,45-,46+,47-,48+,49+,50+,54+,55-/m1/s1. The number of carbonyl (C=O) groups is 2. The van der Waals surface area contributed by atoms with Crippen molar-refractivity contribution in [2.45, 2.75) is 188 Å². The van der Waals surface area contributed by atoms with Gasteiger partial charge in [0.1, 0.15) is 10.4 Å². The summed E-state index contributed by atoms with van der Waals surface area (Å²) in [6.45, 7) is 13.7. The second kappa shape index (κ2) is 24.4. The van der Waals surface area contributed by atoms with E-state index in [1.807, 2.05) is 36.4 Å². The maximum atomic E-state index is 14.3. The van der Waals surface area contributed by atoms with Gasteiger partial charge < -0.3 is 14.7 Å². The lowest BCUT2D eigenvalue weighted by Gasteiger charge is -2.62. The van der Waals surface area contributed by atoms with Crippen molar-refractivity contribution in [3.05, 3.63) is 60.7 Å². The SMILES string of the molecule is CCCCCCCCN(CCCCCCCC)C(=O)CC[C@@H](C)[C@H]1CC[C@H]2[C@@H]3CC[C@@H]4C[C@H](O)CC[C@]4(C)[C@H]3C[C@H](OC(=O)CSC(=S)N(c3ccccc3)c3ccccc3)[C@]12C. The summed E-state index contributed by atoms with van der Waals surface area (Å²) in [6, 6.07) is 20.3. The minimum Gasteiger partial charge on any atom is -0.461 e. The highest BCUT2D eigenvalue weighted by atomic mass is 32.2. The van der Waals surface area contributed by atoms with Crippen molar-refractivity contribution in [2.24, 2.45) is 46.3 Å². The summed E-state index contributed by atoms with van der Waals surface area (Å²) >= 11 is 7.45. The number of anilines is 2. The Balaban J connectivity index is 1.16. The first-order valence-electron chi connectivity index (χ1n) is 25.7. The fourth-order valence-electron chi connectivity index (χ4n) is 13.4. The van der Waals surface area contributed by atoms with Gasteiger partial charge in [0.05, 0.1) is 11.9 Å². The van der Waals surface area contributed by atoms with Crippen LogP contribution in [0.3, 0.4) is 0 Å². The second-order valence-electron chi connectivity index (χ2n) is 20.8. The maximum absolute atomic E-state index is 14.3. The van der Waals surface area contributed by atoms with E-state index >= 15 is 0 Å². The van der Waals surface area contributed by atoms with Crippen molar-refractivity contribution >= 4 is 51.6 Å². The van der Waals surface area contributed by atoms with Gasteiger partial charge in [0.15, 0.2) is 0 Å². The molecule has 63 heavy (non-hydrogen) atoms. The molecule has 8 heteroatoms. The highest BCUT2D eigenvalue weighted by Gasteiger charge is 2.65. The number of rotatable bonds is 23. The Hall–Kier alpha value is -2.42. The molecule has 1 N–H and O–H groups in total. The second-order valence-corrected chi connectivity index (χ2v) is 22.5. The van der Waals surface area contributed by atoms with Crippen molar-refractivity contribution in [1.29, 1.82) is 0 Å². The number of thiocarbonyl (C=S) groups is 1. The van der Waals surface area contributed by atoms with Crippen LogP contribution in [0.25, 0.3) is 0 Å². The van der Waals surface area contributed by atoms with Crippen molar-refractivity contribution < 1.29 is 19.4 Å². The normalized spacial score (nSPS) is 29.2. The molecule has 2 aromatic rings. The molecule has 4 fully saturated rings. The number of aliphatic hydroxyl groups is 1. The number of ether oxygens (including phenoxy) is 1. The fourth-order valence-corrected chi connectivity index (χ4v) is 14.5. The van der Waals surface area contributed by atoms with Crippen LogP contribution < -0.4 is 4.90 Å². The molecule has 2 aromatic carbocycles. The zero-order chi connectivity index (χ0) is 44.8. The average molecular weight is 901 g/mol. The lowest BCUT2D eigenvalue weighted by Crippen LogP contribution is -2.59. The van der Waals surface area contributed by atoms with Crippen LogP contribution in [0.4, 0.5) is 11.4 Å². The lowest BCUT2D eigenvalue weighted by atomic mass is 9.43. The Bertz CT molecular complexity index is 1650. The van der Waals surface area contributed by atoms with Gasteiger partial charge in [0.25, 0.3) is 0 Å². The van der Waals surface area contributed by atoms with E-state index in [-0.39, 0.29) is 34.8 Å². The molecule has 0 saturated heterocycles. The van der Waals surface area contributed by atoms with Crippen LogP contribution in [-0.4, -0.2) is 57.3 Å². The summed E-state index contributed by atoms with van der Waals surface area (Å²) < 4.78 is 7.51. The highest BCUT2D eigenvalue weighted by molar-refractivity contribution is 8.23. The van der Waals surface area contributed by atoms with E-state index in [2.05, 4.69) is 68.7 Å². The van der Waals surface area contributed by atoms with Crippen LogP contribution in [0.5, 0.6) is 0 Å². The van der Waals surface area contributed by atoms with Crippen LogP contribution in [0.2, 0.25) is 0 Å². The quantitative estimate of drug-likeness (QED) is 0.0677. The summed E-state index contributed by atoms with van der Waals surface area (Å²) in [5, 5.41) is 10.8. The Kier molecular flexibility index (Phi) is 19.3. The zero-order valence-corrected chi connectivity index (χ0v) is 41.6. The Labute approximate surface area is 392 Å². The van der Waals surface area contributed by atoms with E-state index in [0.717, 1.165) is 75.8 Å². The van der Waals surface area contributed by atoms with Gasteiger partial charge >= 0.3 is 5.97 Å². The monoisotopic (exact) mass is 901 g/mol. The molecule has 0 aromatic heterocycles. The molecule has 4 aliphatic carbocycles. The molecule has 0 aliphatic heterocycles. The summed E-state index contributed by atoms with van der Waals surface area (Å²) in [5.74, 6) is 3.16.